The van der Waals surface area contributed by atoms with E-state index < -0.39 is 12.1 Å². The lowest BCUT2D eigenvalue weighted by molar-refractivity contribution is -0.0231. The van der Waals surface area contributed by atoms with Crippen LogP contribution in [0.5, 0.6) is 5.75 Å². The van der Waals surface area contributed by atoms with E-state index in [4.69, 9.17) is 9.47 Å². The molecule has 2 aromatic rings. The smallest absolute Gasteiger partial charge is 0.337 e. The molecule has 2 heterocycles. The van der Waals surface area contributed by atoms with Gasteiger partial charge in [-0.05, 0) is 55.9 Å². The Hall–Kier alpha value is -2.45. The van der Waals surface area contributed by atoms with Crippen LogP contribution in [0.15, 0.2) is 29.6 Å². The van der Waals surface area contributed by atoms with Crippen LogP contribution in [0.25, 0.3) is 0 Å². The Morgan fingerprint density at radius 2 is 1.86 bits per heavy atom. The molecular weight excluding hydrogens is 392 g/mol. The summed E-state index contributed by atoms with van der Waals surface area (Å²) in [4.78, 5) is 30.4. The molecule has 1 saturated carbocycles. The van der Waals surface area contributed by atoms with Crippen LogP contribution >= 0.6 is 11.3 Å². The highest BCUT2D eigenvalue weighted by atomic mass is 32.1. The van der Waals surface area contributed by atoms with Crippen molar-refractivity contribution in [3.8, 4) is 5.75 Å². The summed E-state index contributed by atoms with van der Waals surface area (Å²) in [5.74, 6) is 0.734. The van der Waals surface area contributed by atoms with E-state index in [1.54, 1.807) is 29.6 Å². The first kappa shape index (κ1) is 19.8. The van der Waals surface area contributed by atoms with Gasteiger partial charge in [0.1, 0.15) is 17.5 Å². The number of aromatic nitrogens is 1. The van der Waals surface area contributed by atoms with Crippen molar-refractivity contribution in [1.29, 1.82) is 0 Å². The van der Waals surface area contributed by atoms with Gasteiger partial charge in [0, 0.05) is 18.5 Å². The van der Waals surface area contributed by atoms with Crippen LogP contribution in [0.1, 0.15) is 38.7 Å². The minimum absolute atomic E-state index is 0.0332. The standard InChI is InChI=1S/C21H24N2O5S/c1-12-22-17(11-29-12)20(25)23-9-14-7-18(24)19(8-15(14)10-23)28-16-5-3-13(4-6-16)21(26)27-2/h3-6,11,14-15,18-19,24H,7-10H2,1-2H3/t14-,15+,18+,19+/m0/s1. The first-order chi connectivity index (χ1) is 13.9. The number of thiazole rings is 1. The Labute approximate surface area is 173 Å². The summed E-state index contributed by atoms with van der Waals surface area (Å²) in [6.45, 7) is 3.20. The predicted molar refractivity (Wildman–Crippen MR) is 107 cm³/mol. The maximum atomic E-state index is 12.7. The molecule has 4 rings (SSSR count). The highest BCUT2D eigenvalue weighted by molar-refractivity contribution is 7.09. The average Bonchev–Trinajstić information content (AvgIpc) is 3.33. The van der Waals surface area contributed by atoms with Crippen molar-refractivity contribution < 1.29 is 24.2 Å². The van der Waals surface area contributed by atoms with E-state index in [0.717, 1.165) is 5.01 Å². The molecule has 0 spiro atoms. The molecule has 1 aromatic heterocycles. The summed E-state index contributed by atoms with van der Waals surface area (Å²) >= 11 is 1.48. The third-order valence-electron chi connectivity index (χ3n) is 5.77. The molecule has 2 aliphatic rings. The zero-order chi connectivity index (χ0) is 20.5. The quantitative estimate of drug-likeness (QED) is 0.771. The van der Waals surface area contributed by atoms with E-state index in [0.29, 0.717) is 48.9 Å². The molecule has 8 heteroatoms. The largest absolute Gasteiger partial charge is 0.488 e. The fraction of sp³-hybridized carbons (Fsp3) is 0.476. The van der Waals surface area contributed by atoms with Crippen molar-refractivity contribution in [2.75, 3.05) is 20.2 Å². The molecule has 29 heavy (non-hydrogen) atoms. The molecule has 0 radical (unpaired) electrons. The highest BCUT2D eigenvalue weighted by Crippen LogP contribution is 2.38. The van der Waals surface area contributed by atoms with Gasteiger partial charge < -0.3 is 19.5 Å². The fourth-order valence-electron chi connectivity index (χ4n) is 4.27. The molecular formula is C21H24N2O5S. The average molecular weight is 416 g/mol. The number of benzene rings is 1. The number of rotatable bonds is 4. The molecule has 1 aromatic carbocycles. The normalized spacial score (nSPS) is 26.1. The minimum atomic E-state index is -0.590. The molecule has 1 amide bonds. The predicted octanol–water partition coefficient (Wildman–Crippen LogP) is 2.53. The highest BCUT2D eigenvalue weighted by Gasteiger charge is 2.44. The summed E-state index contributed by atoms with van der Waals surface area (Å²) in [5.41, 5.74) is 0.955. The van der Waals surface area contributed by atoms with Crippen molar-refractivity contribution in [3.05, 3.63) is 45.9 Å². The number of ether oxygens (including phenoxy) is 2. The van der Waals surface area contributed by atoms with Crippen LogP contribution in [0.3, 0.4) is 0 Å². The van der Waals surface area contributed by atoms with Gasteiger partial charge in [-0.25, -0.2) is 9.78 Å². The molecule has 1 N–H and O–H groups in total. The van der Waals surface area contributed by atoms with Crippen LogP contribution in [0.4, 0.5) is 0 Å². The fourth-order valence-corrected chi connectivity index (χ4v) is 4.86. The summed E-state index contributed by atoms with van der Waals surface area (Å²) in [7, 11) is 1.34. The number of hydrogen-bond acceptors (Lipinski definition) is 7. The topological polar surface area (TPSA) is 89.0 Å². The first-order valence-corrected chi connectivity index (χ1v) is 10.6. The number of carbonyl (C=O) groups is 2. The lowest BCUT2D eigenvalue weighted by Gasteiger charge is -2.35. The number of aryl methyl sites for hydroxylation is 1. The summed E-state index contributed by atoms with van der Waals surface area (Å²) in [6.07, 6.45) is 0.366. The Kier molecular flexibility index (Phi) is 5.56. The molecule has 1 aliphatic heterocycles. The van der Waals surface area contributed by atoms with Gasteiger partial charge in [0.2, 0.25) is 0 Å². The van der Waals surface area contributed by atoms with Crippen molar-refractivity contribution in [1.82, 2.24) is 9.88 Å². The number of fused-ring (bicyclic) bond motifs is 1. The maximum Gasteiger partial charge on any atom is 0.337 e. The zero-order valence-electron chi connectivity index (χ0n) is 16.4. The molecule has 154 valence electrons. The second-order valence-corrected chi connectivity index (χ2v) is 8.76. The van der Waals surface area contributed by atoms with E-state index in [9.17, 15) is 14.7 Å². The summed E-state index contributed by atoms with van der Waals surface area (Å²) in [6, 6.07) is 6.70. The molecule has 0 bridgehead atoms. The third kappa shape index (κ3) is 4.13. The van der Waals surface area contributed by atoms with Crippen LogP contribution in [0.2, 0.25) is 0 Å². The number of aliphatic hydroxyl groups is 1. The van der Waals surface area contributed by atoms with Gasteiger partial charge in [0.05, 0.1) is 23.8 Å². The van der Waals surface area contributed by atoms with Gasteiger partial charge in [-0.2, -0.15) is 0 Å². The second-order valence-electron chi connectivity index (χ2n) is 7.69. The second kappa shape index (κ2) is 8.12. The number of aliphatic hydroxyl groups excluding tert-OH is 1. The summed E-state index contributed by atoms with van der Waals surface area (Å²) < 4.78 is 10.7. The van der Waals surface area contributed by atoms with Crippen molar-refractivity contribution in [3.63, 3.8) is 0 Å². The van der Waals surface area contributed by atoms with E-state index in [2.05, 4.69) is 4.98 Å². The van der Waals surface area contributed by atoms with Crippen LogP contribution < -0.4 is 4.74 Å². The number of esters is 1. The third-order valence-corrected chi connectivity index (χ3v) is 6.55. The van der Waals surface area contributed by atoms with E-state index in [1.807, 2.05) is 11.8 Å². The van der Waals surface area contributed by atoms with Gasteiger partial charge in [-0.3, -0.25) is 4.79 Å². The molecule has 4 atom stereocenters. The number of nitrogens with zero attached hydrogens (tertiary/aromatic N) is 2. The van der Waals surface area contributed by atoms with Gasteiger partial charge in [-0.1, -0.05) is 0 Å². The van der Waals surface area contributed by atoms with Crippen molar-refractivity contribution >= 4 is 23.2 Å². The first-order valence-electron chi connectivity index (χ1n) is 9.69. The molecule has 1 aliphatic carbocycles. The van der Waals surface area contributed by atoms with E-state index >= 15 is 0 Å². The van der Waals surface area contributed by atoms with Crippen LogP contribution in [-0.4, -0.2) is 59.3 Å². The molecule has 1 saturated heterocycles. The van der Waals surface area contributed by atoms with Gasteiger partial charge in [0.15, 0.2) is 0 Å². The molecule has 2 fully saturated rings. The monoisotopic (exact) mass is 416 g/mol. The maximum absolute atomic E-state index is 12.7. The molecule has 0 unspecified atom stereocenters. The lowest BCUT2D eigenvalue weighted by Crippen LogP contribution is -2.42. The molecule has 7 nitrogen and oxygen atoms in total. The number of likely N-dealkylation sites (tertiary alicyclic amines) is 1. The van der Waals surface area contributed by atoms with Gasteiger partial charge in [0.25, 0.3) is 5.91 Å². The Morgan fingerprint density at radius 1 is 1.17 bits per heavy atom. The van der Waals surface area contributed by atoms with Gasteiger partial charge in [-0.15, -0.1) is 11.3 Å². The van der Waals surface area contributed by atoms with Crippen molar-refractivity contribution in [2.24, 2.45) is 11.8 Å². The number of methoxy groups -OCH3 is 1. The number of hydrogen-bond donors (Lipinski definition) is 1. The Morgan fingerprint density at radius 3 is 2.48 bits per heavy atom. The van der Waals surface area contributed by atoms with Crippen LogP contribution in [0, 0.1) is 18.8 Å². The lowest BCUT2D eigenvalue weighted by atomic mass is 9.78. The van der Waals surface area contributed by atoms with Crippen LogP contribution in [-0.2, 0) is 4.74 Å². The van der Waals surface area contributed by atoms with E-state index in [1.165, 1.54) is 18.4 Å². The Bertz CT molecular complexity index is 897. The van der Waals surface area contributed by atoms with Gasteiger partial charge >= 0.3 is 5.97 Å². The minimum Gasteiger partial charge on any atom is -0.488 e. The number of amides is 1. The SMILES string of the molecule is COC(=O)c1ccc(O[C@@H]2C[C@@H]3CN(C(=O)c4csc(C)n4)C[C@@H]3C[C@H]2O)cc1. The Balaban J connectivity index is 1.39. The number of carbonyl (C=O) groups excluding carboxylic acids is 2. The van der Waals surface area contributed by atoms with E-state index in [-0.39, 0.29) is 17.9 Å². The zero-order valence-corrected chi connectivity index (χ0v) is 17.2. The van der Waals surface area contributed by atoms with Crippen molar-refractivity contribution in [2.45, 2.75) is 32.0 Å². The summed E-state index contributed by atoms with van der Waals surface area (Å²) in [5, 5.41) is 13.3.